The van der Waals surface area contributed by atoms with Gasteiger partial charge in [0.1, 0.15) is 11.4 Å². The lowest BCUT2D eigenvalue weighted by molar-refractivity contribution is 0.0227. The van der Waals surface area contributed by atoms with E-state index in [1.54, 1.807) is 6.07 Å². The highest BCUT2D eigenvalue weighted by atomic mass is 35.5. The molecule has 1 unspecified atom stereocenters. The number of halogens is 1. The van der Waals surface area contributed by atoms with Crippen LogP contribution in [0.15, 0.2) is 12.3 Å². The van der Waals surface area contributed by atoms with Crippen molar-refractivity contribution in [3.63, 3.8) is 0 Å². The Bertz CT molecular complexity index is 381. The second kappa shape index (κ2) is 3.63. The minimum absolute atomic E-state index is 0.143. The zero-order valence-electron chi connectivity index (χ0n) is 8.28. The Kier molecular flexibility index (Phi) is 2.58. The number of rotatable bonds is 3. The predicted octanol–water partition coefficient (Wildman–Crippen LogP) is 0.874. The molecule has 0 aliphatic heterocycles. The second-order valence-corrected chi connectivity index (χ2v) is 4.43. The number of nitrogens with zero attached hydrogens (tertiary/aromatic N) is 1. The van der Waals surface area contributed by atoms with Crippen molar-refractivity contribution in [1.82, 2.24) is 4.98 Å². The molecule has 1 aromatic rings. The summed E-state index contributed by atoms with van der Waals surface area (Å²) in [6.07, 6.45) is 3.41. The van der Waals surface area contributed by atoms with Crippen LogP contribution in [0.4, 0.5) is 5.82 Å². The summed E-state index contributed by atoms with van der Waals surface area (Å²) in [6.45, 7) is 0.143. The molecule has 4 nitrogen and oxygen atoms in total. The summed E-state index contributed by atoms with van der Waals surface area (Å²) in [5.74, 6) is 0.490. The van der Waals surface area contributed by atoms with E-state index in [0.29, 0.717) is 16.4 Å². The highest BCUT2D eigenvalue weighted by molar-refractivity contribution is 6.30. The van der Waals surface area contributed by atoms with Gasteiger partial charge in [0.2, 0.25) is 0 Å². The average Bonchev–Trinajstić information content (AvgIpc) is 3.04. The van der Waals surface area contributed by atoms with E-state index in [9.17, 15) is 5.11 Å². The van der Waals surface area contributed by atoms with Gasteiger partial charge in [-0.3, -0.25) is 0 Å². The van der Waals surface area contributed by atoms with Crippen LogP contribution in [0.25, 0.3) is 0 Å². The van der Waals surface area contributed by atoms with Crippen molar-refractivity contribution in [2.24, 2.45) is 11.7 Å². The second-order valence-electron chi connectivity index (χ2n) is 3.99. The van der Waals surface area contributed by atoms with E-state index in [-0.39, 0.29) is 12.5 Å². The first-order valence-corrected chi connectivity index (χ1v) is 5.29. The Morgan fingerprint density at radius 2 is 2.27 bits per heavy atom. The van der Waals surface area contributed by atoms with Gasteiger partial charge < -0.3 is 16.6 Å². The Balaban J connectivity index is 2.45. The van der Waals surface area contributed by atoms with Crippen LogP contribution >= 0.6 is 11.6 Å². The highest BCUT2D eigenvalue weighted by Crippen LogP contribution is 2.46. The van der Waals surface area contributed by atoms with E-state index >= 15 is 0 Å². The van der Waals surface area contributed by atoms with Crippen LogP contribution in [-0.4, -0.2) is 16.6 Å². The van der Waals surface area contributed by atoms with Crippen LogP contribution in [0, 0.1) is 5.92 Å². The molecule has 0 bridgehead atoms. The molecule has 82 valence electrons. The molecule has 0 spiro atoms. The number of aromatic nitrogens is 1. The van der Waals surface area contributed by atoms with Crippen LogP contribution in [0.1, 0.15) is 18.4 Å². The van der Waals surface area contributed by atoms with Gasteiger partial charge >= 0.3 is 0 Å². The molecule has 2 rings (SSSR count). The maximum Gasteiger partial charge on any atom is 0.129 e. The zero-order valence-corrected chi connectivity index (χ0v) is 9.04. The van der Waals surface area contributed by atoms with Gasteiger partial charge in [-0.05, 0) is 24.8 Å². The van der Waals surface area contributed by atoms with Gasteiger partial charge in [-0.15, -0.1) is 0 Å². The predicted molar refractivity (Wildman–Crippen MR) is 59.3 cm³/mol. The highest BCUT2D eigenvalue weighted by Gasteiger charge is 2.45. The van der Waals surface area contributed by atoms with Crippen LogP contribution in [-0.2, 0) is 5.60 Å². The van der Waals surface area contributed by atoms with Gasteiger partial charge in [0, 0.05) is 18.3 Å². The fourth-order valence-electron chi connectivity index (χ4n) is 1.85. The van der Waals surface area contributed by atoms with Crippen molar-refractivity contribution in [3.8, 4) is 0 Å². The van der Waals surface area contributed by atoms with E-state index in [1.807, 2.05) is 0 Å². The molecule has 0 saturated heterocycles. The van der Waals surface area contributed by atoms with Crippen LogP contribution in [0.5, 0.6) is 0 Å². The fraction of sp³-hybridized carbons (Fsp3) is 0.500. The monoisotopic (exact) mass is 227 g/mol. The normalized spacial score (nSPS) is 19.9. The van der Waals surface area contributed by atoms with Gasteiger partial charge in [-0.2, -0.15) is 0 Å². The minimum Gasteiger partial charge on any atom is -0.383 e. The summed E-state index contributed by atoms with van der Waals surface area (Å²) in [7, 11) is 0. The third-order valence-corrected chi connectivity index (χ3v) is 3.12. The molecule has 1 aromatic heterocycles. The fourth-order valence-corrected chi connectivity index (χ4v) is 2.01. The molecule has 15 heavy (non-hydrogen) atoms. The summed E-state index contributed by atoms with van der Waals surface area (Å²) in [5.41, 5.74) is 10.8. The van der Waals surface area contributed by atoms with Crippen LogP contribution in [0.2, 0.25) is 5.02 Å². The zero-order chi connectivity index (χ0) is 11.1. The standard InChI is InChI=1S/C10H14ClN3O/c11-7-3-8(9(13)14-4-7)10(15,5-12)6-1-2-6/h3-4,6,15H,1-2,5,12H2,(H2,13,14). The maximum absolute atomic E-state index is 10.4. The molecule has 0 radical (unpaired) electrons. The first-order valence-electron chi connectivity index (χ1n) is 4.92. The number of nitrogens with two attached hydrogens (primary N) is 2. The summed E-state index contributed by atoms with van der Waals surface area (Å²) < 4.78 is 0. The molecule has 0 amide bonds. The van der Waals surface area contributed by atoms with Crippen molar-refractivity contribution in [2.75, 3.05) is 12.3 Å². The van der Waals surface area contributed by atoms with Gasteiger partial charge in [-0.25, -0.2) is 4.98 Å². The first-order chi connectivity index (χ1) is 7.08. The van der Waals surface area contributed by atoms with Crippen molar-refractivity contribution in [3.05, 3.63) is 22.8 Å². The largest absolute Gasteiger partial charge is 0.383 e. The lowest BCUT2D eigenvalue weighted by atomic mass is 9.89. The molecule has 1 atom stereocenters. The Labute approximate surface area is 93.2 Å². The number of aliphatic hydroxyl groups is 1. The molecule has 1 saturated carbocycles. The van der Waals surface area contributed by atoms with Crippen molar-refractivity contribution in [1.29, 1.82) is 0 Å². The topological polar surface area (TPSA) is 85.2 Å². The minimum atomic E-state index is -1.07. The maximum atomic E-state index is 10.4. The lowest BCUT2D eigenvalue weighted by Crippen LogP contribution is -2.38. The summed E-state index contributed by atoms with van der Waals surface area (Å²) in [6, 6.07) is 1.65. The van der Waals surface area contributed by atoms with Crippen molar-refractivity contribution >= 4 is 17.4 Å². The first kappa shape index (κ1) is 10.7. The number of hydrogen-bond donors (Lipinski definition) is 3. The van der Waals surface area contributed by atoms with E-state index in [0.717, 1.165) is 12.8 Å². The van der Waals surface area contributed by atoms with Crippen molar-refractivity contribution in [2.45, 2.75) is 18.4 Å². The van der Waals surface area contributed by atoms with Crippen LogP contribution in [0.3, 0.4) is 0 Å². The average molecular weight is 228 g/mol. The Morgan fingerprint density at radius 1 is 1.60 bits per heavy atom. The van der Waals surface area contributed by atoms with Crippen molar-refractivity contribution < 1.29 is 5.11 Å². The number of anilines is 1. The van der Waals surface area contributed by atoms with Gasteiger partial charge in [0.25, 0.3) is 0 Å². The SMILES string of the molecule is NCC(O)(c1cc(Cl)cnc1N)C1CC1. The molecule has 1 aliphatic carbocycles. The molecule has 1 heterocycles. The van der Waals surface area contributed by atoms with E-state index in [1.165, 1.54) is 6.20 Å². The van der Waals surface area contributed by atoms with Gasteiger partial charge in [-0.1, -0.05) is 11.6 Å². The summed E-state index contributed by atoms with van der Waals surface area (Å²) in [4.78, 5) is 3.93. The Hall–Kier alpha value is -0.840. The van der Waals surface area contributed by atoms with Crippen LogP contribution < -0.4 is 11.5 Å². The Morgan fingerprint density at radius 3 is 2.80 bits per heavy atom. The number of pyridine rings is 1. The molecule has 1 fully saturated rings. The molecular formula is C10H14ClN3O. The smallest absolute Gasteiger partial charge is 0.129 e. The van der Waals surface area contributed by atoms with Gasteiger partial charge in [0.15, 0.2) is 0 Å². The molecular weight excluding hydrogens is 214 g/mol. The molecule has 5 heteroatoms. The van der Waals surface area contributed by atoms with Gasteiger partial charge in [0.05, 0.1) is 5.02 Å². The summed E-state index contributed by atoms with van der Waals surface area (Å²) in [5, 5.41) is 10.9. The quantitative estimate of drug-likeness (QED) is 0.716. The summed E-state index contributed by atoms with van der Waals surface area (Å²) >= 11 is 5.83. The third kappa shape index (κ3) is 1.80. The van der Waals surface area contributed by atoms with E-state index < -0.39 is 5.60 Å². The number of hydrogen-bond acceptors (Lipinski definition) is 4. The molecule has 1 aliphatic rings. The molecule has 0 aromatic carbocycles. The number of nitrogen functional groups attached to an aromatic ring is 1. The molecule has 5 N–H and O–H groups in total. The lowest BCUT2D eigenvalue weighted by Gasteiger charge is -2.27. The van der Waals surface area contributed by atoms with E-state index in [4.69, 9.17) is 23.1 Å². The third-order valence-electron chi connectivity index (χ3n) is 2.92. The van der Waals surface area contributed by atoms with E-state index in [2.05, 4.69) is 4.98 Å².